The van der Waals surface area contributed by atoms with Crippen LogP contribution in [-0.4, -0.2) is 24.1 Å². The Morgan fingerprint density at radius 1 is 1.09 bits per heavy atom. The maximum absolute atomic E-state index is 11.8. The van der Waals surface area contributed by atoms with E-state index in [1.807, 2.05) is 17.5 Å². The van der Waals surface area contributed by atoms with Gasteiger partial charge in [0.25, 0.3) is 0 Å². The van der Waals surface area contributed by atoms with Crippen LogP contribution in [0.2, 0.25) is 0 Å². The summed E-state index contributed by atoms with van der Waals surface area (Å²) in [6.07, 6.45) is 0.269. The largest absolute Gasteiger partial charge is 0.347 e. The maximum Gasteiger partial charge on any atom is 0.243 e. The number of carbonyl (C=O) groups excluding carboxylic acids is 3. The molecule has 0 spiro atoms. The van der Waals surface area contributed by atoms with E-state index in [4.69, 9.17) is 0 Å². The van der Waals surface area contributed by atoms with E-state index in [2.05, 4.69) is 10.6 Å². The molecule has 0 aliphatic rings. The van der Waals surface area contributed by atoms with Gasteiger partial charge < -0.3 is 10.6 Å². The third-order valence-electron chi connectivity index (χ3n) is 2.91. The first kappa shape index (κ1) is 15.9. The molecule has 1 aromatic heterocycles. The lowest BCUT2D eigenvalue weighted by Gasteiger charge is -2.07. The molecule has 0 saturated heterocycles. The minimum Gasteiger partial charge on any atom is -0.347 e. The van der Waals surface area contributed by atoms with Crippen LogP contribution in [0.15, 0.2) is 41.8 Å². The number of hydrogen-bond acceptors (Lipinski definition) is 4. The summed E-state index contributed by atoms with van der Waals surface area (Å²) >= 11 is 1.50. The SMILES string of the molecule is CC(=O)c1cccc(NC(=O)CNC(=O)Cc2cccs2)c1. The fourth-order valence-electron chi connectivity index (χ4n) is 1.83. The zero-order chi connectivity index (χ0) is 15.9. The van der Waals surface area contributed by atoms with Gasteiger partial charge in [0.1, 0.15) is 0 Å². The molecular formula is C16H16N2O3S. The fraction of sp³-hybridized carbons (Fsp3) is 0.188. The number of benzene rings is 1. The molecular weight excluding hydrogens is 300 g/mol. The van der Waals surface area contributed by atoms with Crippen LogP contribution in [0.5, 0.6) is 0 Å². The van der Waals surface area contributed by atoms with Crippen molar-refractivity contribution in [3.63, 3.8) is 0 Å². The van der Waals surface area contributed by atoms with Crippen molar-refractivity contribution in [1.82, 2.24) is 5.32 Å². The molecule has 2 N–H and O–H groups in total. The van der Waals surface area contributed by atoms with E-state index < -0.39 is 0 Å². The molecule has 2 aromatic rings. The Morgan fingerprint density at radius 2 is 1.91 bits per heavy atom. The first-order chi connectivity index (χ1) is 10.5. The molecule has 0 saturated carbocycles. The lowest BCUT2D eigenvalue weighted by Crippen LogP contribution is -2.33. The fourth-order valence-corrected chi connectivity index (χ4v) is 2.54. The molecule has 0 radical (unpaired) electrons. The van der Waals surface area contributed by atoms with Gasteiger partial charge in [-0.25, -0.2) is 0 Å². The standard InChI is InChI=1S/C16H16N2O3S/c1-11(19)12-4-2-5-13(8-12)18-16(21)10-17-15(20)9-14-6-3-7-22-14/h2-8H,9-10H2,1H3,(H,17,20)(H,18,21). The Morgan fingerprint density at radius 3 is 2.59 bits per heavy atom. The van der Waals surface area contributed by atoms with Crippen molar-refractivity contribution in [2.75, 3.05) is 11.9 Å². The van der Waals surface area contributed by atoms with Gasteiger partial charge in [0.05, 0.1) is 13.0 Å². The van der Waals surface area contributed by atoms with E-state index in [1.165, 1.54) is 18.3 Å². The zero-order valence-corrected chi connectivity index (χ0v) is 12.9. The molecule has 1 aromatic carbocycles. The molecule has 0 aliphatic heterocycles. The monoisotopic (exact) mass is 316 g/mol. The lowest BCUT2D eigenvalue weighted by molar-refractivity contribution is -0.123. The number of Topliss-reactive ketones (excluding diaryl/α,β-unsaturated/α-hetero) is 1. The Bertz CT molecular complexity index is 680. The average molecular weight is 316 g/mol. The van der Waals surface area contributed by atoms with Gasteiger partial charge in [-0.3, -0.25) is 14.4 Å². The molecule has 6 heteroatoms. The number of nitrogens with one attached hydrogen (secondary N) is 2. The Balaban J connectivity index is 1.81. The number of ketones is 1. The van der Waals surface area contributed by atoms with Crippen LogP contribution in [-0.2, 0) is 16.0 Å². The zero-order valence-electron chi connectivity index (χ0n) is 12.1. The van der Waals surface area contributed by atoms with E-state index in [1.54, 1.807) is 24.3 Å². The number of carbonyl (C=O) groups is 3. The minimum atomic E-state index is -0.333. The van der Waals surface area contributed by atoms with Gasteiger partial charge in [-0.05, 0) is 30.5 Å². The maximum atomic E-state index is 11.8. The van der Waals surface area contributed by atoms with Crippen LogP contribution < -0.4 is 10.6 Å². The van der Waals surface area contributed by atoms with Crippen molar-refractivity contribution in [2.45, 2.75) is 13.3 Å². The molecule has 1 heterocycles. The predicted molar refractivity (Wildman–Crippen MR) is 86.1 cm³/mol. The van der Waals surface area contributed by atoms with Crippen molar-refractivity contribution in [2.24, 2.45) is 0 Å². The highest BCUT2D eigenvalue weighted by molar-refractivity contribution is 7.10. The van der Waals surface area contributed by atoms with Crippen molar-refractivity contribution in [3.8, 4) is 0 Å². The Hall–Kier alpha value is -2.47. The van der Waals surface area contributed by atoms with E-state index in [0.717, 1.165) is 4.88 Å². The van der Waals surface area contributed by atoms with Gasteiger partial charge in [0.15, 0.2) is 5.78 Å². The summed E-state index contributed by atoms with van der Waals surface area (Å²) in [6, 6.07) is 10.4. The molecule has 114 valence electrons. The van der Waals surface area contributed by atoms with Gasteiger partial charge in [0.2, 0.25) is 11.8 Å². The molecule has 2 amide bonds. The number of hydrogen-bond donors (Lipinski definition) is 2. The van der Waals surface area contributed by atoms with Crippen LogP contribution in [0.25, 0.3) is 0 Å². The third-order valence-corrected chi connectivity index (χ3v) is 3.79. The van der Waals surface area contributed by atoms with E-state index in [9.17, 15) is 14.4 Å². The molecule has 5 nitrogen and oxygen atoms in total. The lowest BCUT2D eigenvalue weighted by atomic mass is 10.1. The second kappa shape index (κ2) is 7.51. The molecule has 0 atom stereocenters. The van der Waals surface area contributed by atoms with Crippen molar-refractivity contribution >= 4 is 34.6 Å². The number of amides is 2. The minimum absolute atomic E-state index is 0.0691. The van der Waals surface area contributed by atoms with Gasteiger partial charge in [-0.15, -0.1) is 11.3 Å². The Labute approximate surface area is 132 Å². The highest BCUT2D eigenvalue weighted by atomic mass is 32.1. The van der Waals surface area contributed by atoms with Crippen LogP contribution >= 0.6 is 11.3 Å². The molecule has 2 rings (SSSR count). The van der Waals surface area contributed by atoms with Crippen molar-refractivity contribution < 1.29 is 14.4 Å². The van der Waals surface area contributed by atoms with E-state index in [0.29, 0.717) is 11.3 Å². The van der Waals surface area contributed by atoms with Gasteiger partial charge in [-0.2, -0.15) is 0 Å². The second-order valence-electron chi connectivity index (χ2n) is 4.72. The summed E-state index contributed by atoms with van der Waals surface area (Å²) in [4.78, 5) is 35.7. The van der Waals surface area contributed by atoms with Gasteiger partial charge in [-0.1, -0.05) is 18.2 Å². The Kier molecular flexibility index (Phi) is 5.43. The molecule has 0 bridgehead atoms. The molecule has 0 fully saturated rings. The molecule has 22 heavy (non-hydrogen) atoms. The first-order valence-electron chi connectivity index (χ1n) is 6.74. The highest BCUT2D eigenvalue weighted by Crippen LogP contribution is 2.11. The quantitative estimate of drug-likeness (QED) is 0.803. The third kappa shape index (κ3) is 4.82. The molecule has 0 unspecified atom stereocenters. The number of anilines is 1. The second-order valence-corrected chi connectivity index (χ2v) is 5.75. The summed E-state index contributed by atoms with van der Waals surface area (Å²) in [6.45, 7) is 1.36. The topological polar surface area (TPSA) is 75.3 Å². The normalized spacial score (nSPS) is 10.0. The van der Waals surface area contributed by atoms with Gasteiger partial charge >= 0.3 is 0 Å². The van der Waals surface area contributed by atoms with E-state index >= 15 is 0 Å². The summed E-state index contributed by atoms with van der Waals surface area (Å²) in [5, 5.41) is 7.12. The number of rotatable bonds is 6. The summed E-state index contributed by atoms with van der Waals surface area (Å²) in [5.41, 5.74) is 1.06. The van der Waals surface area contributed by atoms with Crippen LogP contribution in [0.4, 0.5) is 5.69 Å². The predicted octanol–water partition coefficient (Wildman–Crippen LogP) is 2.25. The summed E-state index contributed by atoms with van der Waals surface area (Å²) in [7, 11) is 0. The highest BCUT2D eigenvalue weighted by Gasteiger charge is 2.08. The summed E-state index contributed by atoms with van der Waals surface area (Å²) in [5.74, 6) is -0.601. The molecule has 0 aliphatic carbocycles. The smallest absolute Gasteiger partial charge is 0.243 e. The van der Waals surface area contributed by atoms with Crippen molar-refractivity contribution in [1.29, 1.82) is 0 Å². The van der Waals surface area contributed by atoms with Crippen molar-refractivity contribution in [3.05, 3.63) is 52.2 Å². The summed E-state index contributed by atoms with van der Waals surface area (Å²) < 4.78 is 0. The van der Waals surface area contributed by atoms with Crippen LogP contribution in [0.1, 0.15) is 22.2 Å². The average Bonchev–Trinajstić information content (AvgIpc) is 2.98. The van der Waals surface area contributed by atoms with Crippen LogP contribution in [0, 0.1) is 0 Å². The first-order valence-corrected chi connectivity index (χ1v) is 7.62. The van der Waals surface area contributed by atoms with Crippen LogP contribution in [0.3, 0.4) is 0 Å². The number of thiophene rings is 1. The van der Waals surface area contributed by atoms with Gasteiger partial charge in [0, 0.05) is 16.1 Å². The van der Waals surface area contributed by atoms with E-state index in [-0.39, 0.29) is 30.6 Å².